The van der Waals surface area contributed by atoms with Crippen molar-refractivity contribution in [2.45, 2.75) is 6.54 Å². The van der Waals surface area contributed by atoms with E-state index in [0.29, 0.717) is 12.3 Å². The summed E-state index contributed by atoms with van der Waals surface area (Å²) in [6.45, 7) is 0.371. The van der Waals surface area contributed by atoms with Crippen molar-refractivity contribution < 1.29 is 0 Å². The van der Waals surface area contributed by atoms with Crippen LogP contribution in [0.25, 0.3) is 0 Å². The van der Waals surface area contributed by atoms with Gasteiger partial charge in [0.2, 0.25) is 0 Å². The maximum absolute atomic E-state index is 11.2. The van der Waals surface area contributed by atoms with Crippen LogP contribution in [0.5, 0.6) is 0 Å². The number of thiol groups is 1. The first-order chi connectivity index (χ1) is 6.65. The van der Waals surface area contributed by atoms with Gasteiger partial charge in [0.1, 0.15) is 5.02 Å². The van der Waals surface area contributed by atoms with Crippen molar-refractivity contribution in [2.75, 3.05) is 5.75 Å². The van der Waals surface area contributed by atoms with Crippen molar-refractivity contribution in [3.05, 3.63) is 44.2 Å². The first kappa shape index (κ1) is 11.1. The van der Waals surface area contributed by atoms with E-state index < -0.39 is 11.2 Å². The number of hydrogen-bond donors (Lipinski definition) is 2. The molecule has 0 aromatic carbocycles. The molecule has 0 amide bonds. The molecule has 14 heavy (non-hydrogen) atoms. The molecule has 0 spiro atoms. The molecule has 1 aromatic rings. The highest BCUT2D eigenvalue weighted by Gasteiger charge is 1.99. The summed E-state index contributed by atoms with van der Waals surface area (Å²) in [6.07, 6.45) is 4.88. The molecule has 0 radical (unpaired) electrons. The summed E-state index contributed by atoms with van der Waals surface area (Å²) in [4.78, 5) is 24.2. The third-order valence-corrected chi connectivity index (χ3v) is 2.02. The fourth-order valence-electron chi connectivity index (χ4n) is 0.881. The second-order valence-electron chi connectivity index (χ2n) is 2.54. The van der Waals surface area contributed by atoms with Crippen LogP contribution >= 0.6 is 24.2 Å². The second kappa shape index (κ2) is 5.07. The van der Waals surface area contributed by atoms with Crippen LogP contribution in [0.2, 0.25) is 5.02 Å². The Bertz CT molecular complexity index is 449. The Labute approximate surface area is 90.6 Å². The summed E-state index contributed by atoms with van der Waals surface area (Å²) in [5.41, 5.74) is -1.03. The number of halogens is 1. The Morgan fingerprint density at radius 2 is 2.21 bits per heavy atom. The fourth-order valence-corrected chi connectivity index (χ4v) is 1.20. The third kappa shape index (κ3) is 2.78. The lowest BCUT2D eigenvalue weighted by molar-refractivity contribution is 0.736. The summed E-state index contributed by atoms with van der Waals surface area (Å²) in [7, 11) is 0. The highest BCUT2D eigenvalue weighted by atomic mass is 35.5. The molecule has 4 nitrogen and oxygen atoms in total. The lowest BCUT2D eigenvalue weighted by Gasteiger charge is -2.00. The van der Waals surface area contributed by atoms with E-state index in [1.54, 1.807) is 12.2 Å². The highest BCUT2D eigenvalue weighted by molar-refractivity contribution is 7.80. The van der Waals surface area contributed by atoms with Crippen LogP contribution in [0, 0.1) is 0 Å². The number of hydrogen-bond acceptors (Lipinski definition) is 3. The molecule has 0 atom stereocenters. The van der Waals surface area contributed by atoms with Crippen molar-refractivity contribution in [1.82, 2.24) is 9.55 Å². The highest BCUT2D eigenvalue weighted by Crippen LogP contribution is 1.95. The zero-order chi connectivity index (χ0) is 10.6. The van der Waals surface area contributed by atoms with Gasteiger partial charge in [0.15, 0.2) is 0 Å². The summed E-state index contributed by atoms with van der Waals surface area (Å²) in [5, 5.41) is 0.00359. The van der Waals surface area contributed by atoms with Gasteiger partial charge in [-0.1, -0.05) is 23.8 Å². The summed E-state index contributed by atoms with van der Waals surface area (Å²) < 4.78 is 1.31. The van der Waals surface area contributed by atoms with Crippen LogP contribution in [0.4, 0.5) is 0 Å². The van der Waals surface area contributed by atoms with Gasteiger partial charge < -0.3 is 0 Å². The molecule has 6 heteroatoms. The van der Waals surface area contributed by atoms with Gasteiger partial charge in [0.05, 0.1) is 0 Å². The van der Waals surface area contributed by atoms with E-state index in [1.807, 2.05) is 0 Å². The molecule has 0 bridgehead atoms. The first-order valence-electron chi connectivity index (χ1n) is 3.90. The summed E-state index contributed by atoms with van der Waals surface area (Å²) in [6, 6.07) is 0. The largest absolute Gasteiger partial charge is 0.328 e. The SMILES string of the molecule is O=c1[nH]c(=O)n(CC=CCS)cc1Cl. The van der Waals surface area contributed by atoms with Gasteiger partial charge in [-0.15, -0.1) is 0 Å². The van der Waals surface area contributed by atoms with Gasteiger partial charge in [-0.3, -0.25) is 14.3 Å². The van der Waals surface area contributed by atoms with Gasteiger partial charge in [-0.2, -0.15) is 12.6 Å². The number of H-pyrrole nitrogens is 1. The van der Waals surface area contributed by atoms with Crippen molar-refractivity contribution >= 4 is 24.2 Å². The molecule has 0 aliphatic carbocycles. The minimum atomic E-state index is -0.564. The average molecular weight is 233 g/mol. The molecule has 0 aliphatic heterocycles. The van der Waals surface area contributed by atoms with E-state index in [1.165, 1.54) is 10.8 Å². The number of aromatic nitrogens is 2. The zero-order valence-electron chi connectivity index (χ0n) is 7.24. The molecule has 76 valence electrons. The minimum absolute atomic E-state index is 0.00359. The predicted molar refractivity (Wildman–Crippen MR) is 59.3 cm³/mol. The normalized spacial score (nSPS) is 11.0. The van der Waals surface area contributed by atoms with Gasteiger partial charge in [0.25, 0.3) is 5.56 Å². The Balaban J connectivity index is 2.99. The first-order valence-corrected chi connectivity index (χ1v) is 4.91. The van der Waals surface area contributed by atoms with Crippen LogP contribution < -0.4 is 11.2 Å². The topological polar surface area (TPSA) is 54.9 Å². The molecular weight excluding hydrogens is 224 g/mol. The number of nitrogens with one attached hydrogen (secondary N) is 1. The molecule has 1 heterocycles. The molecular formula is C8H9ClN2O2S. The molecule has 0 saturated carbocycles. The van der Waals surface area contributed by atoms with E-state index in [2.05, 4.69) is 17.6 Å². The Kier molecular flexibility index (Phi) is 4.03. The van der Waals surface area contributed by atoms with Gasteiger partial charge in [-0.05, 0) is 0 Å². The molecule has 1 aromatic heterocycles. The minimum Gasteiger partial charge on any atom is -0.295 e. The summed E-state index contributed by atoms with van der Waals surface area (Å²) in [5.74, 6) is 0.603. The van der Waals surface area contributed by atoms with Crippen LogP contribution in [-0.4, -0.2) is 15.3 Å². The van der Waals surface area contributed by atoms with Gasteiger partial charge in [-0.25, -0.2) is 4.79 Å². The summed E-state index contributed by atoms with van der Waals surface area (Å²) >= 11 is 9.53. The van der Waals surface area contributed by atoms with Crippen molar-refractivity contribution in [3.8, 4) is 0 Å². The Hall–Kier alpha value is -0.940. The standard InChI is InChI=1S/C8H9ClN2O2S/c9-6-5-11(3-1-2-4-14)8(13)10-7(6)12/h1-2,5,14H,3-4H2,(H,10,12,13). The Morgan fingerprint density at radius 1 is 1.50 bits per heavy atom. The molecule has 1 rings (SSSR count). The number of allylic oxidation sites excluding steroid dienone is 1. The molecule has 0 unspecified atom stereocenters. The number of nitrogens with zero attached hydrogens (tertiary/aromatic N) is 1. The van der Waals surface area contributed by atoms with Crippen LogP contribution in [0.15, 0.2) is 27.9 Å². The number of rotatable bonds is 3. The average Bonchev–Trinajstić information content (AvgIpc) is 2.14. The van der Waals surface area contributed by atoms with E-state index in [4.69, 9.17) is 11.6 Å². The Morgan fingerprint density at radius 3 is 2.86 bits per heavy atom. The van der Waals surface area contributed by atoms with Crippen molar-refractivity contribution in [2.24, 2.45) is 0 Å². The molecule has 0 aliphatic rings. The zero-order valence-corrected chi connectivity index (χ0v) is 8.89. The maximum Gasteiger partial charge on any atom is 0.328 e. The van der Waals surface area contributed by atoms with Crippen LogP contribution in [0.1, 0.15) is 0 Å². The van der Waals surface area contributed by atoms with Crippen molar-refractivity contribution in [1.29, 1.82) is 0 Å². The van der Waals surface area contributed by atoms with E-state index in [0.717, 1.165) is 0 Å². The van der Waals surface area contributed by atoms with Gasteiger partial charge >= 0.3 is 5.69 Å². The van der Waals surface area contributed by atoms with E-state index in [-0.39, 0.29) is 5.02 Å². The monoisotopic (exact) mass is 232 g/mol. The quantitative estimate of drug-likeness (QED) is 0.595. The fraction of sp³-hybridized carbons (Fsp3) is 0.250. The molecule has 1 N–H and O–H groups in total. The lowest BCUT2D eigenvalue weighted by Crippen LogP contribution is -2.29. The van der Waals surface area contributed by atoms with Crippen LogP contribution in [0.3, 0.4) is 0 Å². The van der Waals surface area contributed by atoms with E-state index >= 15 is 0 Å². The lowest BCUT2D eigenvalue weighted by atomic mass is 10.5. The van der Waals surface area contributed by atoms with Gasteiger partial charge in [0, 0.05) is 18.5 Å². The van der Waals surface area contributed by atoms with Crippen LogP contribution in [-0.2, 0) is 6.54 Å². The second-order valence-corrected chi connectivity index (χ2v) is 3.32. The molecule has 0 saturated heterocycles. The maximum atomic E-state index is 11.2. The number of aromatic amines is 1. The third-order valence-electron chi connectivity index (χ3n) is 1.54. The predicted octanol–water partition coefficient (Wildman–Crippen LogP) is 0.676. The van der Waals surface area contributed by atoms with Crippen molar-refractivity contribution in [3.63, 3.8) is 0 Å². The van der Waals surface area contributed by atoms with E-state index in [9.17, 15) is 9.59 Å². The molecule has 0 fully saturated rings. The smallest absolute Gasteiger partial charge is 0.295 e.